The minimum absolute atomic E-state index is 0.654. The molecule has 4 nitrogen and oxygen atoms in total. The largest absolute Gasteiger partial charge is 0.398 e. The first-order valence-corrected chi connectivity index (χ1v) is 9.26. The highest BCUT2D eigenvalue weighted by atomic mass is 35.5. The van der Waals surface area contributed by atoms with Gasteiger partial charge in [0.05, 0.1) is 17.9 Å². The van der Waals surface area contributed by atoms with Crippen LogP contribution in [0.1, 0.15) is 22.5 Å². The Morgan fingerprint density at radius 2 is 1.85 bits per heavy atom. The molecule has 0 fully saturated rings. The van der Waals surface area contributed by atoms with Gasteiger partial charge in [-0.25, -0.2) is 4.98 Å². The fourth-order valence-electron chi connectivity index (χ4n) is 3.55. The second-order valence-electron chi connectivity index (χ2n) is 6.83. The molecule has 27 heavy (non-hydrogen) atoms. The first-order chi connectivity index (χ1) is 13.0. The van der Waals surface area contributed by atoms with E-state index in [4.69, 9.17) is 22.3 Å². The molecule has 136 valence electrons. The van der Waals surface area contributed by atoms with E-state index in [1.54, 1.807) is 0 Å². The molecular formula is C22H21ClN4. The Labute approximate surface area is 163 Å². The van der Waals surface area contributed by atoms with E-state index in [0.717, 1.165) is 50.5 Å². The molecule has 0 saturated carbocycles. The summed E-state index contributed by atoms with van der Waals surface area (Å²) < 4.78 is 2.19. The van der Waals surface area contributed by atoms with E-state index in [2.05, 4.69) is 23.4 Å². The van der Waals surface area contributed by atoms with Crippen LogP contribution in [0.3, 0.4) is 0 Å². The van der Waals surface area contributed by atoms with Gasteiger partial charge in [-0.05, 0) is 56.2 Å². The van der Waals surface area contributed by atoms with Gasteiger partial charge in [-0.15, -0.1) is 0 Å². The van der Waals surface area contributed by atoms with Gasteiger partial charge in [-0.1, -0.05) is 29.8 Å². The van der Waals surface area contributed by atoms with E-state index in [-0.39, 0.29) is 0 Å². The molecule has 0 aliphatic rings. The maximum absolute atomic E-state index is 6.57. The highest BCUT2D eigenvalue weighted by Crippen LogP contribution is 2.36. The first kappa shape index (κ1) is 17.6. The van der Waals surface area contributed by atoms with Gasteiger partial charge in [0.25, 0.3) is 0 Å². The van der Waals surface area contributed by atoms with Crippen molar-refractivity contribution in [1.82, 2.24) is 14.5 Å². The van der Waals surface area contributed by atoms with Gasteiger partial charge >= 0.3 is 0 Å². The third-order valence-electron chi connectivity index (χ3n) is 5.19. The third-order valence-corrected chi connectivity index (χ3v) is 5.43. The van der Waals surface area contributed by atoms with Crippen LogP contribution < -0.4 is 5.73 Å². The molecule has 4 rings (SSSR count). The number of nitrogens with zero attached hydrogens (tertiary/aromatic N) is 3. The normalized spacial score (nSPS) is 11.3. The van der Waals surface area contributed by atoms with Crippen LogP contribution in [0.2, 0.25) is 5.02 Å². The fraction of sp³-hybridized carbons (Fsp3) is 0.182. The molecule has 4 aromatic rings. The number of aryl methyl sites for hydroxylation is 1. The lowest BCUT2D eigenvalue weighted by Crippen LogP contribution is -2.06. The summed E-state index contributed by atoms with van der Waals surface area (Å²) in [6, 6.07) is 13.7. The molecule has 3 heterocycles. The van der Waals surface area contributed by atoms with Crippen molar-refractivity contribution in [3.8, 4) is 11.3 Å². The molecule has 2 N–H and O–H groups in total. The minimum Gasteiger partial charge on any atom is -0.398 e. The molecule has 0 saturated heterocycles. The molecule has 0 spiro atoms. The Balaban J connectivity index is 1.98. The number of nitrogens with two attached hydrogens (primary N) is 1. The van der Waals surface area contributed by atoms with Crippen LogP contribution in [0.4, 0.5) is 5.69 Å². The molecule has 1 aromatic carbocycles. The molecule has 0 amide bonds. The highest BCUT2D eigenvalue weighted by molar-refractivity contribution is 6.30. The van der Waals surface area contributed by atoms with Crippen molar-refractivity contribution >= 4 is 28.3 Å². The lowest BCUT2D eigenvalue weighted by Gasteiger charge is -2.12. The number of hydrogen-bond donors (Lipinski definition) is 1. The number of anilines is 1. The Morgan fingerprint density at radius 1 is 1.04 bits per heavy atom. The number of aromatic nitrogens is 3. The second kappa shape index (κ2) is 6.71. The molecule has 0 bridgehead atoms. The molecule has 0 atom stereocenters. The second-order valence-corrected chi connectivity index (χ2v) is 7.26. The van der Waals surface area contributed by atoms with Crippen LogP contribution in [0, 0.1) is 20.8 Å². The van der Waals surface area contributed by atoms with Gasteiger partial charge in [0.2, 0.25) is 0 Å². The maximum atomic E-state index is 6.57. The number of fused-ring (bicyclic) bond motifs is 1. The molecule has 0 aliphatic heterocycles. The third kappa shape index (κ3) is 2.96. The number of halogens is 1. The zero-order chi connectivity index (χ0) is 19.1. The number of benzene rings is 1. The van der Waals surface area contributed by atoms with Crippen molar-refractivity contribution in [2.45, 2.75) is 27.3 Å². The zero-order valence-electron chi connectivity index (χ0n) is 15.6. The van der Waals surface area contributed by atoms with E-state index in [0.29, 0.717) is 11.6 Å². The van der Waals surface area contributed by atoms with E-state index in [9.17, 15) is 0 Å². The van der Waals surface area contributed by atoms with Crippen molar-refractivity contribution < 1.29 is 0 Å². The van der Waals surface area contributed by atoms with Crippen LogP contribution >= 0.6 is 11.6 Å². The first-order valence-electron chi connectivity index (χ1n) is 8.88. The van der Waals surface area contributed by atoms with Gasteiger partial charge in [-0.2, -0.15) is 0 Å². The fourth-order valence-corrected chi connectivity index (χ4v) is 3.74. The minimum atomic E-state index is 0.654. The lowest BCUT2D eigenvalue weighted by atomic mass is 10.0. The molecule has 0 radical (unpaired) electrons. The average molecular weight is 377 g/mol. The maximum Gasteiger partial charge on any atom is 0.143 e. The summed E-state index contributed by atoms with van der Waals surface area (Å²) in [5.41, 5.74) is 14.3. The molecule has 0 unspecified atom stereocenters. The standard InChI is InChI=1S/C22H21ClN4/c1-13-15(3)27(12-18-9-4-5-10-25-18)22-19(13)20(24)14(2)21(26-22)16-7-6-8-17(23)11-16/h4-11H,12H2,1-3H3,(H2,24,26). The molecule has 0 aliphatic carbocycles. The lowest BCUT2D eigenvalue weighted by molar-refractivity contribution is 0.769. The van der Waals surface area contributed by atoms with E-state index in [1.807, 2.05) is 55.6 Å². The van der Waals surface area contributed by atoms with Gasteiger partial charge in [-0.3, -0.25) is 4.98 Å². The van der Waals surface area contributed by atoms with Gasteiger partial charge < -0.3 is 10.3 Å². The number of rotatable bonds is 3. The predicted octanol–water partition coefficient (Wildman–Crippen LogP) is 5.31. The molecule has 5 heteroatoms. The van der Waals surface area contributed by atoms with E-state index < -0.39 is 0 Å². The summed E-state index contributed by atoms with van der Waals surface area (Å²) in [6.07, 6.45) is 1.81. The summed E-state index contributed by atoms with van der Waals surface area (Å²) in [5.74, 6) is 0. The van der Waals surface area contributed by atoms with Gasteiger partial charge in [0, 0.05) is 33.6 Å². The van der Waals surface area contributed by atoms with Crippen LogP contribution in [-0.4, -0.2) is 14.5 Å². The molecule has 3 aromatic heterocycles. The summed E-state index contributed by atoms with van der Waals surface area (Å²) in [7, 11) is 0. The predicted molar refractivity (Wildman–Crippen MR) is 112 cm³/mol. The summed E-state index contributed by atoms with van der Waals surface area (Å²) in [5, 5.41) is 1.70. The monoisotopic (exact) mass is 376 g/mol. The number of hydrogen-bond acceptors (Lipinski definition) is 3. The van der Waals surface area contributed by atoms with Crippen molar-refractivity contribution in [1.29, 1.82) is 0 Å². The van der Waals surface area contributed by atoms with Crippen molar-refractivity contribution in [2.75, 3.05) is 5.73 Å². The summed E-state index contributed by atoms with van der Waals surface area (Å²) in [6.45, 7) is 6.88. The van der Waals surface area contributed by atoms with Crippen LogP contribution in [0.15, 0.2) is 48.7 Å². The van der Waals surface area contributed by atoms with Crippen molar-refractivity contribution in [2.24, 2.45) is 0 Å². The molecular weight excluding hydrogens is 356 g/mol. The van der Waals surface area contributed by atoms with Crippen molar-refractivity contribution in [3.05, 3.63) is 76.2 Å². The topological polar surface area (TPSA) is 56.7 Å². The summed E-state index contributed by atoms with van der Waals surface area (Å²) in [4.78, 5) is 9.49. The Bertz CT molecular complexity index is 1150. The van der Waals surface area contributed by atoms with E-state index >= 15 is 0 Å². The van der Waals surface area contributed by atoms with Crippen LogP contribution in [0.25, 0.3) is 22.3 Å². The quantitative estimate of drug-likeness (QED) is 0.527. The highest BCUT2D eigenvalue weighted by Gasteiger charge is 2.19. The SMILES string of the molecule is Cc1c(-c2cccc(Cl)c2)nc2c(c(C)c(C)n2Cc2ccccn2)c1N. The Hall–Kier alpha value is -2.85. The van der Waals surface area contributed by atoms with Gasteiger partial charge in [0.15, 0.2) is 0 Å². The van der Waals surface area contributed by atoms with Crippen LogP contribution in [-0.2, 0) is 6.54 Å². The van der Waals surface area contributed by atoms with E-state index in [1.165, 1.54) is 0 Å². The number of nitrogen functional groups attached to an aromatic ring is 1. The van der Waals surface area contributed by atoms with Crippen LogP contribution in [0.5, 0.6) is 0 Å². The average Bonchev–Trinajstić information content (AvgIpc) is 2.90. The van der Waals surface area contributed by atoms with Gasteiger partial charge in [0.1, 0.15) is 5.65 Å². The Kier molecular flexibility index (Phi) is 4.36. The van der Waals surface area contributed by atoms with Crippen molar-refractivity contribution in [3.63, 3.8) is 0 Å². The number of pyridine rings is 2. The Morgan fingerprint density at radius 3 is 2.56 bits per heavy atom. The smallest absolute Gasteiger partial charge is 0.143 e. The summed E-state index contributed by atoms with van der Waals surface area (Å²) >= 11 is 6.20. The zero-order valence-corrected chi connectivity index (χ0v) is 16.4.